The summed E-state index contributed by atoms with van der Waals surface area (Å²) >= 11 is 7.47. The number of methoxy groups -OCH3 is 1. The Morgan fingerprint density at radius 2 is 1.88 bits per heavy atom. The van der Waals surface area contributed by atoms with Gasteiger partial charge < -0.3 is 10.1 Å². The van der Waals surface area contributed by atoms with Crippen LogP contribution < -0.4 is 10.1 Å². The SMILES string of the molecule is COc1ccccc1-c1nnc(SCC(=O)NCC2CCCCC2)n1-c1ccc(Cl)cc1. The van der Waals surface area contributed by atoms with Gasteiger partial charge in [0.2, 0.25) is 5.91 Å². The molecule has 1 aliphatic carbocycles. The van der Waals surface area contributed by atoms with Crippen LogP contribution in [0.1, 0.15) is 32.1 Å². The van der Waals surface area contributed by atoms with Crippen molar-refractivity contribution in [3.05, 3.63) is 53.6 Å². The fourth-order valence-electron chi connectivity index (χ4n) is 4.02. The van der Waals surface area contributed by atoms with Gasteiger partial charge in [0.25, 0.3) is 0 Å². The van der Waals surface area contributed by atoms with Gasteiger partial charge in [-0.2, -0.15) is 0 Å². The number of aromatic nitrogens is 3. The van der Waals surface area contributed by atoms with Crippen molar-refractivity contribution in [3.8, 4) is 22.8 Å². The second-order valence-corrected chi connectivity index (χ2v) is 9.29. The Morgan fingerprint density at radius 1 is 1.12 bits per heavy atom. The predicted octanol–water partition coefficient (Wildman–Crippen LogP) is 5.38. The molecule has 1 aromatic heterocycles. The van der Waals surface area contributed by atoms with Gasteiger partial charge >= 0.3 is 0 Å². The first-order valence-electron chi connectivity index (χ1n) is 10.9. The molecule has 1 aliphatic rings. The van der Waals surface area contributed by atoms with Crippen LogP contribution >= 0.6 is 23.4 Å². The van der Waals surface area contributed by atoms with Crippen molar-refractivity contribution in [2.45, 2.75) is 37.3 Å². The summed E-state index contributed by atoms with van der Waals surface area (Å²) in [5.74, 6) is 2.26. The zero-order chi connectivity index (χ0) is 22.3. The molecule has 8 heteroatoms. The van der Waals surface area contributed by atoms with Crippen molar-refractivity contribution < 1.29 is 9.53 Å². The minimum atomic E-state index is 0.0186. The van der Waals surface area contributed by atoms with E-state index in [-0.39, 0.29) is 11.7 Å². The minimum Gasteiger partial charge on any atom is -0.496 e. The molecular weight excluding hydrogens is 444 g/mol. The van der Waals surface area contributed by atoms with Crippen LogP contribution in [-0.2, 0) is 4.79 Å². The molecule has 1 saturated carbocycles. The molecular formula is C24H27ClN4O2S. The first-order valence-corrected chi connectivity index (χ1v) is 12.3. The number of halogens is 1. The molecule has 1 fully saturated rings. The summed E-state index contributed by atoms with van der Waals surface area (Å²) in [5.41, 5.74) is 1.69. The standard InChI is InChI=1S/C24H27ClN4O2S/c1-31-21-10-6-5-9-20(21)23-27-28-24(29(23)19-13-11-18(25)12-14-19)32-16-22(30)26-15-17-7-3-2-4-8-17/h5-6,9-14,17H,2-4,7-8,15-16H2,1H3,(H,26,30). The number of amides is 1. The van der Waals surface area contributed by atoms with Crippen molar-refractivity contribution in [2.24, 2.45) is 5.92 Å². The molecule has 168 valence electrons. The van der Waals surface area contributed by atoms with Gasteiger partial charge in [-0.25, -0.2) is 0 Å². The number of rotatable bonds is 8. The third kappa shape index (κ3) is 5.45. The van der Waals surface area contributed by atoms with E-state index in [4.69, 9.17) is 16.3 Å². The van der Waals surface area contributed by atoms with Gasteiger partial charge in [0.15, 0.2) is 11.0 Å². The average Bonchev–Trinajstić information content (AvgIpc) is 3.26. The molecule has 0 radical (unpaired) electrons. The summed E-state index contributed by atoms with van der Waals surface area (Å²) in [6.07, 6.45) is 6.27. The zero-order valence-corrected chi connectivity index (χ0v) is 19.7. The highest BCUT2D eigenvalue weighted by molar-refractivity contribution is 7.99. The van der Waals surface area contributed by atoms with Crippen molar-refractivity contribution >= 4 is 29.3 Å². The number of para-hydroxylation sites is 1. The highest BCUT2D eigenvalue weighted by atomic mass is 35.5. The van der Waals surface area contributed by atoms with Gasteiger partial charge in [-0.05, 0) is 55.2 Å². The van der Waals surface area contributed by atoms with Crippen LogP contribution in [0.5, 0.6) is 5.75 Å². The molecule has 0 unspecified atom stereocenters. The molecule has 1 heterocycles. The van der Waals surface area contributed by atoms with Gasteiger partial charge in [0.05, 0.1) is 18.4 Å². The van der Waals surface area contributed by atoms with E-state index in [1.165, 1.54) is 43.9 Å². The molecule has 3 aromatic rings. The average molecular weight is 471 g/mol. The maximum Gasteiger partial charge on any atom is 0.230 e. The third-order valence-corrected chi connectivity index (χ3v) is 6.89. The monoisotopic (exact) mass is 470 g/mol. The first-order chi connectivity index (χ1) is 15.7. The van der Waals surface area contributed by atoms with Crippen LogP contribution in [-0.4, -0.2) is 40.1 Å². The zero-order valence-electron chi connectivity index (χ0n) is 18.1. The summed E-state index contributed by atoms with van der Waals surface area (Å²) in [5, 5.41) is 13.2. The van der Waals surface area contributed by atoms with Gasteiger partial charge in [0.1, 0.15) is 5.75 Å². The molecule has 6 nitrogen and oxygen atoms in total. The number of benzene rings is 2. The number of hydrogen-bond acceptors (Lipinski definition) is 5. The van der Waals surface area contributed by atoms with E-state index in [0.717, 1.165) is 17.8 Å². The van der Waals surface area contributed by atoms with Crippen LogP contribution in [0.15, 0.2) is 53.7 Å². The van der Waals surface area contributed by atoms with E-state index in [2.05, 4.69) is 15.5 Å². The van der Waals surface area contributed by atoms with Crippen molar-refractivity contribution in [2.75, 3.05) is 19.4 Å². The van der Waals surface area contributed by atoms with Gasteiger partial charge in [0, 0.05) is 17.3 Å². The number of carbonyl (C=O) groups excluding carboxylic acids is 1. The second-order valence-electron chi connectivity index (χ2n) is 7.92. The van der Waals surface area contributed by atoms with Crippen molar-refractivity contribution in [1.29, 1.82) is 0 Å². The Labute approximate surface area is 197 Å². The maximum absolute atomic E-state index is 12.5. The second kappa shape index (κ2) is 10.9. The lowest BCUT2D eigenvalue weighted by molar-refractivity contribution is -0.118. The molecule has 1 amide bonds. The Kier molecular flexibility index (Phi) is 7.71. The van der Waals surface area contributed by atoms with E-state index in [1.807, 2.05) is 53.1 Å². The molecule has 0 aliphatic heterocycles. The Bertz CT molecular complexity index is 1050. The van der Waals surface area contributed by atoms with Gasteiger partial charge in [-0.1, -0.05) is 54.8 Å². The number of carbonyl (C=O) groups is 1. The molecule has 0 atom stereocenters. The topological polar surface area (TPSA) is 69.0 Å². The minimum absolute atomic E-state index is 0.0186. The summed E-state index contributed by atoms with van der Waals surface area (Å²) in [6.45, 7) is 0.760. The summed E-state index contributed by atoms with van der Waals surface area (Å²) in [4.78, 5) is 12.5. The molecule has 1 N–H and O–H groups in total. The normalized spacial score (nSPS) is 14.3. The van der Waals surface area contributed by atoms with Crippen LogP contribution in [0.2, 0.25) is 5.02 Å². The van der Waals surface area contributed by atoms with E-state index in [9.17, 15) is 4.79 Å². The summed E-state index contributed by atoms with van der Waals surface area (Å²) < 4.78 is 7.47. The quantitative estimate of drug-likeness (QED) is 0.447. The fraction of sp³-hybridized carbons (Fsp3) is 0.375. The van der Waals surface area contributed by atoms with E-state index in [1.54, 1.807) is 7.11 Å². The smallest absolute Gasteiger partial charge is 0.230 e. The highest BCUT2D eigenvalue weighted by Crippen LogP contribution is 2.33. The Hall–Kier alpha value is -2.51. The Balaban J connectivity index is 1.54. The van der Waals surface area contributed by atoms with Gasteiger partial charge in [-0.3, -0.25) is 9.36 Å². The molecule has 4 rings (SSSR count). The highest BCUT2D eigenvalue weighted by Gasteiger charge is 2.20. The third-order valence-electron chi connectivity index (χ3n) is 5.71. The lowest BCUT2D eigenvalue weighted by Crippen LogP contribution is -2.31. The molecule has 0 bridgehead atoms. The van der Waals surface area contributed by atoms with Crippen molar-refractivity contribution in [3.63, 3.8) is 0 Å². The van der Waals surface area contributed by atoms with Crippen LogP contribution in [0.25, 0.3) is 17.1 Å². The maximum atomic E-state index is 12.5. The first kappa shape index (κ1) is 22.7. The van der Waals surface area contributed by atoms with Crippen LogP contribution in [0.4, 0.5) is 0 Å². The largest absolute Gasteiger partial charge is 0.496 e. The fourth-order valence-corrected chi connectivity index (χ4v) is 4.93. The Morgan fingerprint density at radius 3 is 2.62 bits per heavy atom. The van der Waals surface area contributed by atoms with E-state index in [0.29, 0.717) is 27.7 Å². The lowest BCUT2D eigenvalue weighted by atomic mass is 9.89. The molecule has 2 aromatic carbocycles. The van der Waals surface area contributed by atoms with E-state index >= 15 is 0 Å². The van der Waals surface area contributed by atoms with Crippen molar-refractivity contribution in [1.82, 2.24) is 20.1 Å². The molecule has 0 spiro atoms. The van der Waals surface area contributed by atoms with Gasteiger partial charge in [-0.15, -0.1) is 10.2 Å². The summed E-state index contributed by atoms with van der Waals surface area (Å²) in [6, 6.07) is 15.2. The number of thioether (sulfide) groups is 1. The number of nitrogens with one attached hydrogen (secondary N) is 1. The summed E-state index contributed by atoms with van der Waals surface area (Å²) in [7, 11) is 1.63. The number of ether oxygens (including phenoxy) is 1. The number of nitrogens with zero attached hydrogens (tertiary/aromatic N) is 3. The molecule has 0 saturated heterocycles. The number of hydrogen-bond donors (Lipinski definition) is 1. The van der Waals surface area contributed by atoms with Crippen LogP contribution in [0, 0.1) is 5.92 Å². The van der Waals surface area contributed by atoms with E-state index < -0.39 is 0 Å². The van der Waals surface area contributed by atoms with Crippen LogP contribution in [0.3, 0.4) is 0 Å². The predicted molar refractivity (Wildman–Crippen MR) is 129 cm³/mol. The molecule has 32 heavy (non-hydrogen) atoms. The lowest BCUT2D eigenvalue weighted by Gasteiger charge is -2.21.